The zero-order chi connectivity index (χ0) is 33.5. The SMILES string of the molecule is CC(=O)N(CCCNC(=O)C(C)NC(=O)C(N)C(C)C)C(c1cc(-c2cc(F)ccc2F)cn1Cc1ccccc1)C(C)(C)C. The summed E-state index contributed by atoms with van der Waals surface area (Å²) in [6.07, 6.45) is 2.26. The first-order valence-electron chi connectivity index (χ1n) is 15.4. The molecule has 244 valence electrons. The van der Waals surface area contributed by atoms with Gasteiger partial charge in [-0.15, -0.1) is 0 Å². The van der Waals surface area contributed by atoms with Crippen molar-refractivity contribution >= 4 is 17.7 Å². The van der Waals surface area contributed by atoms with Crippen LogP contribution >= 0.6 is 0 Å². The van der Waals surface area contributed by atoms with Crippen LogP contribution in [0.2, 0.25) is 0 Å². The van der Waals surface area contributed by atoms with Crippen LogP contribution in [0.25, 0.3) is 11.1 Å². The molecule has 0 radical (unpaired) electrons. The third-order valence-corrected chi connectivity index (χ3v) is 7.83. The number of hydrogen-bond donors (Lipinski definition) is 3. The summed E-state index contributed by atoms with van der Waals surface area (Å²) < 4.78 is 31.1. The highest BCUT2D eigenvalue weighted by Crippen LogP contribution is 2.41. The lowest BCUT2D eigenvalue weighted by molar-refractivity contribution is -0.134. The van der Waals surface area contributed by atoms with E-state index in [0.29, 0.717) is 25.1 Å². The molecular weight excluding hydrogens is 576 g/mol. The molecule has 1 aromatic heterocycles. The van der Waals surface area contributed by atoms with Crippen LogP contribution in [0.15, 0.2) is 60.8 Å². The van der Waals surface area contributed by atoms with Gasteiger partial charge in [-0.3, -0.25) is 14.4 Å². The number of carbonyl (C=O) groups is 3. The van der Waals surface area contributed by atoms with Crippen molar-refractivity contribution in [2.24, 2.45) is 17.1 Å². The number of rotatable bonds is 13. The molecule has 0 bridgehead atoms. The lowest BCUT2D eigenvalue weighted by Crippen LogP contribution is -2.52. The van der Waals surface area contributed by atoms with Crippen LogP contribution in [-0.2, 0) is 20.9 Å². The molecule has 3 rings (SSSR count). The fourth-order valence-corrected chi connectivity index (χ4v) is 5.37. The highest BCUT2D eigenvalue weighted by molar-refractivity contribution is 5.89. The van der Waals surface area contributed by atoms with Gasteiger partial charge in [-0.05, 0) is 54.5 Å². The number of nitrogens with two attached hydrogens (primary N) is 1. The average molecular weight is 624 g/mol. The van der Waals surface area contributed by atoms with Crippen molar-refractivity contribution in [2.75, 3.05) is 13.1 Å². The van der Waals surface area contributed by atoms with Gasteiger partial charge in [0.25, 0.3) is 0 Å². The van der Waals surface area contributed by atoms with E-state index in [9.17, 15) is 23.2 Å². The van der Waals surface area contributed by atoms with E-state index < -0.39 is 35.2 Å². The molecule has 3 aromatic rings. The molecule has 4 N–H and O–H groups in total. The number of aromatic nitrogens is 1. The summed E-state index contributed by atoms with van der Waals surface area (Å²) in [5, 5.41) is 5.48. The molecule has 0 fully saturated rings. The van der Waals surface area contributed by atoms with E-state index in [2.05, 4.69) is 10.6 Å². The third-order valence-electron chi connectivity index (χ3n) is 7.83. The molecule has 10 heteroatoms. The normalized spacial score (nSPS) is 13.7. The second-order valence-corrected chi connectivity index (χ2v) is 13.0. The van der Waals surface area contributed by atoms with Gasteiger partial charge in [-0.1, -0.05) is 65.0 Å². The third kappa shape index (κ3) is 9.47. The van der Waals surface area contributed by atoms with E-state index in [1.165, 1.54) is 13.0 Å². The van der Waals surface area contributed by atoms with Crippen molar-refractivity contribution < 1.29 is 23.2 Å². The number of hydrogen-bond acceptors (Lipinski definition) is 4. The Kier molecular flexibility index (Phi) is 12.0. The Morgan fingerprint density at radius 1 is 0.978 bits per heavy atom. The average Bonchev–Trinajstić information content (AvgIpc) is 3.37. The Balaban J connectivity index is 1.87. The second-order valence-electron chi connectivity index (χ2n) is 13.0. The molecule has 3 unspecified atom stereocenters. The van der Waals surface area contributed by atoms with Gasteiger partial charge < -0.3 is 25.8 Å². The minimum atomic E-state index is -0.767. The number of nitrogens with one attached hydrogen (secondary N) is 2. The van der Waals surface area contributed by atoms with Gasteiger partial charge in [0.1, 0.15) is 17.7 Å². The standard InChI is InChI=1S/C35H47F2N5O3/c1-22(2)31(38)34(45)40-23(3)33(44)39-16-11-17-42(24(4)43)32(35(5,6)7)30-18-26(28-19-27(36)14-15-29(28)37)21-41(30)20-25-12-9-8-10-13-25/h8-10,12-15,18-19,21-23,31-32H,11,16-17,20,38H2,1-7H3,(H,39,44)(H,40,45). The summed E-state index contributed by atoms with van der Waals surface area (Å²) in [5.74, 6) is -2.04. The Morgan fingerprint density at radius 2 is 1.64 bits per heavy atom. The topological polar surface area (TPSA) is 109 Å². The number of halogens is 2. The van der Waals surface area contributed by atoms with Gasteiger partial charge in [0, 0.05) is 49.6 Å². The predicted octanol–water partition coefficient (Wildman–Crippen LogP) is 5.41. The van der Waals surface area contributed by atoms with Gasteiger partial charge in [0.05, 0.1) is 12.1 Å². The molecule has 1 heterocycles. The van der Waals surface area contributed by atoms with E-state index in [4.69, 9.17) is 5.73 Å². The van der Waals surface area contributed by atoms with E-state index in [-0.39, 0.29) is 35.7 Å². The lowest BCUT2D eigenvalue weighted by atomic mass is 9.83. The first-order chi connectivity index (χ1) is 21.1. The first-order valence-corrected chi connectivity index (χ1v) is 15.4. The minimum absolute atomic E-state index is 0.0636. The molecule has 3 atom stereocenters. The number of benzene rings is 2. The number of carbonyl (C=O) groups excluding carboxylic acids is 3. The maximum absolute atomic E-state index is 14.9. The molecule has 45 heavy (non-hydrogen) atoms. The van der Waals surface area contributed by atoms with Gasteiger partial charge in [0.2, 0.25) is 17.7 Å². The van der Waals surface area contributed by atoms with Crippen molar-refractivity contribution in [3.05, 3.63) is 83.7 Å². The summed E-state index contributed by atoms with van der Waals surface area (Å²) in [4.78, 5) is 39.9. The molecule has 0 spiro atoms. The zero-order valence-corrected chi connectivity index (χ0v) is 27.4. The molecular formula is C35H47F2N5O3. The maximum Gasteiger partial charge on any atom is 0.242 e. The second kappa shape index (κ2) is 15.3. The summed E-state index contributed by atoms with van der Waals surface area (Å²) in [5.41, 5.74) is 7.88. The molecule has 0 aliphatic rings. The first kappa shape index (κ1) is 35.4. The van der Waals surface area contributed by atoms with Crippen LogP contribution in [-0.4, -0.2) is 52.4 Å². The number of amides is 3. The van der Waals surface area contributed by atoms with Crippen LogP contribution in [0.3, 0.4) is 0 Å². The molecule has 0 saturated heterocycles. The quantitative estimate of drug-likeness (QED) is 0.221. The van der Waals surface area contributed by atoms with Crippen LogP contribution in [0, 0.1) is 23.0 Å². The minimum Gasteiger partial charge on any atom is -0.354 e. The lowest BCUT2D eigenvalue weighted by Gasteiger charge is -2.40. The Labute approximate surface area is 265 Å². The van der Waals surface area contributed by atoms with Crippen molar-refractivity contribution in [2.45, 2.75) is 79.6 Å². The fourth-order valence-electron chi connectivity index (χ4n) is 5.37. The highest BCUT2D eigenvalue weighted by Gasteiger charge is 2.36. The Bertz CT molecular complexity index is 1470. The molecule has 2 aromatic carbocycles. The van der Waals surface area contributed by atoms with Crippen LogP contribution in [0.5, 0.6) is 0 Å². The summed E-state index contributed by atoms with van der Waals surface area (Å²) in [6.45, 7) is 13.9. The van der Waals surface area contributed by atoms with Crippen LogP contribution in [0.1, 0.15) is 72.2 Å². The van der Waals surface area contributed by atoms with Gasteiger partial charge in [-0.25, -0.2) is 8.78 Å². The summed E-state index contributed by atoms with van der Waals surface area (Å²) >= 11 is 0. The van der Waals surface area contributed by atoms with E-state index in [0.717, 1.165) is 23.4 Å². The smallest absolute Gasteiger partial charge is 0.242 e. The van der Waals surface area contributed by atoms with Crippen LogP contribution < -0.4 is 16.4 Å². The molecule has 8 nitrogen and oxygen atoms in total. The predicted molar refractivity (Wildman–Crippen MR) is 173 cm³/mol. The van der Waals surface area contributed by atoms with E-state index in [1.807, 2.05) is 75.6 Å². The van der Waals surface area contributed by atoms with Crippen molar-refractivity contribution in [3.8, 4) is 11.1 Å². The molecule has 0 saturated carbocycles. The van der Waals surface area contributed by atoms with Crippen molar-refractivity contribution in [3.63, 3.8) is 0 Å². The van der Waals surface area contributed by atoms with Gasteiger partial charge >= 0.3 is 0 Å². The van der Waals surface area contributed by atoms with E-state index in [1.54, 1.807) is 18.0 Å². The van der Waals surface area contributed by atoms with Crippen molar-refractivity contribution in [1.82, 2.24) is 20.1 Å². The van der Waals surface area contributed by atoms with Crippen molar-refractivity contribution in [1.29, 1.82) is 0 Å². The van der Waals surface area contributed by atoms with Gasteiger partial charge in [-0.2, -0.15) is 0 Å². The van der Waals surface area contributed by atoms with E-state index >= 15 is 0 Å². The molecule has 0 aliphatic heterocycles. The monoisotopic (exact) mass is 623 g/mol. The fraction of sp³-hybridized carbons (Fsp3) is 0.457. The molecule has 0 aliphatic carbocycles. The maximum atomic E-state index is 14.9. The van der Waals surface area contributed by atoms with Crippen LogP contribution in [0.4, 0.5) is 8.78 Å². The zero-order valence-electron chi connectivity index (χ0n) is 27.4. The Morgan fingerprint density at radius 3 is 2.24 bits per heavy atom. The summed E-state index contributed by atoms with van der Waals surface area (Å²) in [6, 6.07) is 13.1. The molecule has 3 amide bonds. The largest absolute Gasteiger partial charge is 0.354 e. The summed E-state index contributed by atoms with van der Waals surface area (Å²) in [7, 11) is 0. The highest BCUT2D eigenvalue weighted by atomic mass is 19.1. The van der Waals surface area contributed by atoms with Gasteiger partial charge in [0.15, 0.2) is 0 Å². The Hall–Kier alpha value is -4.05. The number of nitrogens with zero attached hydrogens (tertiary/aromatic N) is 2.